The van der Waals surface area contributed by atoms with Crippen molar-refractivity contribution in [2.45, 2.75) is 32.7 Å². The van der Waals surface area contributed by atoms with Crippen molar-refractivity contribution < 1.29 is 4.42 Å². The first-order valence-electron chi connectivity index (χ1n) is 5.91. The van der Waals surface area contributed by atoms with Gasteiger partial charge in [0, 0.05) is 5.39 Å². The predicted molar refractivity (Wildman–Crippen MR) is 67.7 cm³/mol. The van der Waals surface area contributed by atoms with E-state index in [0.29, 0.717) is 5.92 Å². The number of rotatable bonds is 4. The van der Waals surface area contributed by atoms with Crippen LogP contribution in [-0.2, 0) is 6.54 Å². The van der Waals surface area contributed by atoms with Crippen LogP contribution in [-0.4, -0.2) is 7.05 Å². The summed E-state index contributed by atoms with van der Waals surface area (Å²) >= 11 is 0. The predicted octanol–water partition coefficient (Wildman–Crippen LogP) is 3.67. The van der Waals surface area contributed by atoms with Gasteiger partial charge in [-0.15, -0.1) is 0 Å². The molecule has 2 aromatic rings. The zero-order chi connectivity index (χ0) is 11.5. The van der Waals surface area contributed by atoms with E-state index >= 15 is 0 Å². The van der Waals surface area contributed by atoms with Crippen LogP contribution in [0.2, 0.25) is 0 Å². The van der Waals surface area contributed by atoms with E-state index in [1.54, 1.807) is 0 Å². The summed E-state index contributed by atoms with van der Waals surface area (Å²) in [7, 11) is 1.93. The molecule has 16 heavy (non-hydrogen) atoms. The Morgan fingerprint density at radius 1 is 1.31 bits per heavy atom. The summed E-state index contributed by atoms with van der Waals surface area (Å²) < 4.78 is 5.71. The van der Waals surface area contributed by atoms with E-state index in [-0.39, 0.29) is 0 Å². The Balaban J connectivity index is 2.37. The Morgan fingerprint density at radius 3 is 2.81 bits per heavy atom. The quantitative estimate of drug-likeness (QED) is 0.845. The number of fused-ring (bicyclic) bond motifs is 1. The first kappa shape index (κ1) is 11.2. The van der Waals surface area contributed by atoms with E-state index in [1.807, 2.05) is 7.05 Å². The minimum Gasteiger partial charge on any atom is -0.460 e. The van der Waals surface area contributed by atoms with E-state index in [2.05, 4.69) is 43.4 Å². The zero-order valence-electron chi connectivity index (χ0n) is 10.2. The first-order valence-corrected chi connectivity index (χ1v) is 5.91. The van der Waals surface area contributed by atoms with Gasteiger partial charge in [0.1, 0.15) is 11.3 Å². The van der Waals surface area contributed by atoms with Gasteiger partial charge in [-0.3, -0.25) is 0 Å². The van der Waals surface area contributed by atoms with Crippen LogP contribution in [0.15, 0.2) is 28.7 Å². The monoisotopic (exact) mass is 217 g/mol. The van der Waals surface area contributed by atoms with E-state index in [9.17, 15) is 0 Å². The lowest BCUT2D eigenvalue weighted by Gasteiger charge is -2.07. The summed E-state index contributed by atoms with van der Waals surface area (Å²) in [4.78, 5) is 0. The molecule has 86 valence electrons. The molecule has 0 spiro atoms. The van der Waals surface area contributed by atoms with Crippen molar-refractivity contribution in [2.75, 3.05) is 7.05 Å². The van der Waals surface area contributed by atoms with E-state index in [4.69, 9.17) is 4.42 Å². The zero-order valence-corrected chi connectivity index (χ0v) is 10.2. The largest absolute Gasteiger partial charge is 0.460 e. The van der Waals surface area contributed by atoms with Gasteiger partial charge < -0.3 is 9.73 Å². The third-order valence-corrected chi connectivity index (χ3v) is 3.12. The molecule has 0 saturated heterocycles. The van der Waals surface area contributed by atoms with Gasteiger partial charge in [-0.25, -0.2) is 0 Å². The molecule has 0 radical (unpaired) electrons. The number of nitrogens with one attached hydrogen (secondary N) is 1. The van der Waals surface area contributed by atoms with Gasteiger partial charge in [0.25, 0.3) is 0 Å². The second kappa shape index (κ2) is 4.71. The van der Waals surface area contributed by atoms with Crippen LogP contribution >= 0.6 is 0 Å². The van der Waals surface area contributed by atoms with Gasteiger partial charge in [-0.1, -0.05) is 19.9 Å². The number of hydrogen-bond acceptors (Lipinski definition) is 2. The fourth-order valence-corrected chi connectivity index (χ4v) is 1.92. The van der Waals surface area contributed by atoms with Gasteiger partial charge in [-0.05, 0) is 43.1 Å². The molecule has 2 rings (SSSR count). The van der Waals surface area contributed by atoms with E-state index in [0.717, 1.165) is 17.9 Å². The van der Waals surface area contributed by atoms with E-state index in [1.165, 1.54) is 17.4 Å². The molecule has 2 nitrogen and oxygen atoms in total. The van der Waals surface area contributed by atoms with Crippen molar-refractivity contribution in [3.05, 3.63) is 35.6 Å². The lowest BCUT2D eigenvalue weighted by Crippen LogP contribution is -2.03. The molecule has 1 aromatic heterocycles. The van der Waals surface area contributed by atoms with Crippen molar-refractivity contribution in [1.82, 2.24) is 5.32 Å². The molecule has 1 N–H and O–H groups in total. The fourth-order valence-electron chi connectivity index (χ4n) is 1.92. The minimum atomic E-state index is 0.618. The highest BCUT2D eigenvalue weighted by Gasteiger charge is 2.07. The molecule has 1 unspecified atom stereocenters. The molecule has 1 atom stereocenters. The lowest BCUT2D eigenvalue weighted by atomic mass is 9.98. The second-order valence-electron chi connectivity index (χ2n) is 4.35. The molecule has 0 amide bonds. The molecule has 0 fully saturated rings. The van der Waals surface area contributed by atoms with Crippen LogP contribution in [0, 0.1) is 0 Å². The SMILES string of the molecule is CCC(C)c1ccc2oc(CNC)cc2c1. The standard InChI is InChI=1S/C14H19NO/c1-4-10(2)11-5-6-14-12(7-11)8-13(16-14)9-15-3/h5-8,10,15H,4,9H2,1-3H3. The van der Waals surface area contributed by atoms with Crippen molar-refractivity contribution in [1.29, 1.82) is 0 Å². The normalized spacial score (nSPS) is 13.2. The highest BCUT2D eigenvalue weighted by molar-refractivity contribution is 5.78. The summed E-state index contributed by atoms with van der Waals surface area (Å²) in [6.07, 6.45) is 1.17. The Kier molecular flexibility index (Phi) is 3.30. The summed E-state index contributed by atoms with van der Waals surface area (Å²) in [5, 5.41) is 4.31. The number of furan rings is 1. The van der Waals surface area contributed by atoms with Gasteiger partial charge in [0.05, 0.1) is 6.54 Å². The van der Waals surface area contributed by atoms with Crippen LogP contribution in [0.1, 0.15) is 37.5 Å². The maximum atomic E-state index is 5.71. The highest BCUT2D eigenvalue weighted by atomic mass is 16.3. The van der Waals surface area contributed by atoms with Crippen molar-refractivity contribution >= 4 is 11.0 Å². The third-order valence-electron chi connectivity index (χ3n) is 3.12. The van der Waals surface area contributed by atoms with Gasteiger partial charge in [0.15, 0.2) is 0 Å². The summed E-state index contributed by atoms with van der Waals surface area (Å²) in [5.74, 6) is 1.62. The van der Waals surface area contributed by atoms with Gasteiger partial charge in [0.2, 0.25) is 0 Å². The molecule has 2 heteroatoms. The average Bonchev–Trinajstić information content (AvgIpc) is 2.69. The van der Waals surface area contributed by atoms with Gasteiger partial charge in [-0.2, -0.15) is 0 Å². The Morgan fingerprint density at radius 2 is 2.12 bits per heavy atom. The van der Waals surface area contributed by atoms with Crippen molar-refractivity contribution in [2.24, 2.45) is 0 Å². The molecule has 1 aromatic carbocycles. The fraction of sp³-hybridized carbons (Fsp3) is 0.429. The summed E-state index contributed by atoms with van der Waals surface area (Å²) in [5.41, 5.74) is 2.38. The van der Waals surface area contributed by atoms with Gasteiger partial charge >= 0.3 is 0 Å². The average molecular weight is 217 g/mol. The molecule has 0 saturated carbocycles. The van der Waals surface area contributed by atoms with Crippen LogP contribution in [0.25, 0.3) is 11.0 Å². The second-order valence-corrected chi connectivity index (χ2v) is 4.35. The minimum absolute atomic E-state index is 0.618. The molecule has 0 aliphatic carbocycles. The van der Waals surface area contributed by atoms with Crippen molar-refractivity contribution in [3.8, 4) is 0 Å². The van der Waals surface area contributed by atoms with E-state index < -0.39 is 0 Å². The summed E-state index contributed by atoms with van der Waals surface area (Å²) in [6, 6.07) is 8.61. The number of benzene rings is 1. The van der Waals surface area contributed by atoms with Crippen LogP contribution < -0.4 is 5.32 Å². The van der Waals surface area contributed by atoms with Crippen LogP contribution in [0.4, 0.5) is 0 Å². The molecular formula is C14H19NO. The molecule has 0 aliphatic rings. The highest BCUT2D eigenvalue weighted by Crippen LogP contribution is 2.25. The number of hydrogen-bond donors (Lipinski definition) is 1. The third kappa shape index (κ3) is 2.12. The maximum Gasteiger partial charge on any atom is 0.134 e. The molecule has 1 heterocycles. The lowest BCUT2D eigenvalue weighted by molar-refractivity contribution is 0.530. The van der Waals surface area contributed by atoms with Crippen LogP contribution in [0.3, 0.4) is 0 Å². The summed E-state index contributed by atoms with van der Waals surface area (Å²) in [6.45, 7) is 5.26. The Labute approximate surface area is 96.6 Å². The topological polar surface area (TPSA) is 25.2 Å². The maximum absolute atomic E-state index is 5.71. The molecular weight excluding hydrogens is 198 g/mol. The molecule has 0 bridgehead atoms. The first-order chi connectivity index (χ1) is 7.74. The Bertz CT molecular complexity index is 473. The smallest absolute Gasteiger partial charge is 0.134 e. The van der Waals surface area contributed by atoms with Crippen molar-refractivity contribution in [3.63, 3.8) is 0 Å². The Hall–Kier alpha value is -1.28. The van der Waals surface area contributed by atoms with Crippen LogP contribution in [0.5, 0.6) is 0 Å². The molecule has 0 aliphatic heterocycles.